The highest BCUT2D eigenvalue weighted by Crippen LogP contribution is 2.18. The molecule has 0 aromatic heterocycles. The van der Waals surface area contributed by atoms with Crippen LogP contribution >= 0.6 is 0 Å². The Morgan fingerprint density at radius 1 is 1.37 bits per heavy atom. The van der Waals surface area contributed by atoms with Gasteiger partial charge in [-0.05, 0) is 38.3 Å². The summed E-state index contributed by atoms with van der Waals surface area (Å²) >= 11 is 0. The SMILES string of the molecule is CCN(CCNCC1CCCO1)c1ccccc1C. The van der Waals surface area contributed by atoms with Crippen molar-refractivity contribution < 1.29 is 4.74 Å². The summed E-state index contributed by atoms with van der Waals surface area (Å²) in [7, 11) is 0. The van der Waals surface area contributed by atoms with Crippen LogP contribution in [0, 0.1) is 6.92 Å². The van der Waals surface area contributed by atoms with E-state index in [2.05, 4.69) is 48.3 Å². The second-order valence-corrected chi connectivity index (χ2v) is 5.21. The summed E-state index contributed by atoms with van der Waals surface area (Å²) in [5.41, 5.74) is 2.70. The van der Waals surface area contributed by atoms with Crippen molar-refractivity contribution in [2.75, 3.05) is 37.7 Å². The van der Waals surface area contributed by atoms with Gasteiger partial charge in [-0.25, -0.2) is 0 Å². The monoisotopic (exact) mass is 262 g/mol. The van der Waals surface area contributed by atoms with E-state index in [1.807, 2.05) is 0 Å². The Morgan fingerprint density at radius 3 is 2.89 bits per heavy atom. The molecule has 1 heterocycles. The number of rotatable bonds is 7. The summed E-state index contributed by atoms with van der Waals surface area (Å²) in [4.78, 5) is 2.43. The van der Waals surface area contributed by atoms with E-state index in [4.69, 9.17) is 4.74 Å². The van der Waals surface area contributed by atoms with Gasteiger partial charge in [0.05, 0.1) is 6.10 Å². The highest BCUT2D eigenvalue weighted by Gasteiger charge is 2.14. The molecule has 1 fully saturated rings. The molecule has 1 aliphatic rings. The minimum absolute atomic E-state index is 0.438. The number of likely N-dealkylation sites (N-methyl/N-ethyl adjacent to an activating group) is 1. The minimum atomic E-state index is 0.438. The van der Waals surface area contributed by atoms with Gasteiger partial charge in [-0.15, -0.1) is 0 Å². The maximum atomic E-state index is 5.61. The van der Waals surface area contributed by atoms with E-state index in [1.54, 1.807) is 0 Å². The Hall–Kier alpha value is -1.06. The summed E-state index contributed by atoms with van der Waals surface area (Å²) in [5, 5.41) is 3.51. The normalized spacial score (nSPS) is 18.7. The number of nitrogens with one attached hydrogen (secondary N) is 1. The van der Waals surface area contributed by atoms with Crippen LogP contribution in [0.15, 0.2) is 24.3 Å². The van der Waals surface area contributed by atoms with Crippen LogP contribution in [0.1, 0.15) is 25.3 Å². The molecule has 0 bridgehead atoms. The van der Waals surface area contributed by atoms with Crippen LogP contribution in [0.4, 0.5) is 5.69 Å². The van der Waals surface area contributed by atoms with Crippen LogP contribution in [-0.4, -0.2) is 38.9 Å². The topological polar surface area (TPSA) is 24.5 Å². The van der Waals surface area contributed by atoms with Crippen molar-refractivity contribution in [3.05, 3.63) is 29.8 Å². The molecule has 1 N–H and O–H groups in total. The van der Waals surface area contributed by atoms with Gasteiger partial charge in [-0.3, -0.25) is 0 Å². The fourth-order valence-electron chi connectivity index (χ4n) is 2.65. The van der Waals surface area contributed by atoms with Crippen molar-refractivity contribution in [3.8, 4) is 0 Å². The molecule has 0 radical (unpaired) electrons. The van der Waals surface area contributed by atoms with Gasteiger partial charge in [0.1, 0.15) is 0 Å². The summed E-state index contributed by atoms with van der Waals surface area (Å²) in [6.07, 6.45) is 2.87. The number of nitrogens with zero attached hydrogens (tertiary/aromatic N) is 1. The first kappa shape index (κ1) is 14.4. The first-order valence-electron chi connectivity index (χ1n) is 7.44. The average Bonchev–Trinajstić information content (AvgIpc) is 2.93. The second-order valence-electron chi connectivity index (χ2n) is 5.21. The van der Waals surface area contributed by atoms with Gasteiger partial charge in [-0.2, -0.15) is 0 Å². The summed E-state index contributed by atoms with van der Waals surface area (Å²) in [6, 6.07) is 8.60. The van der Waals surface area contributed by atoms with E-state index in [0.29, 0.717) is 6.10 Å². The molecule has 2 rings (SSSR count). The number of benzene rings is 1. The molecular weight excluding hydrogens is 236 g/mol. The molecule has 1 atom stereocenters. The lowest BCUT2D eigenvalue weighted by Crippen LogP contribution is -2.35. The molecule has 0 spiro atoms. The third-order valence-electron chi connectivity index (χ3n) is 3.79. The van der Waals surface area contributed by atoms with Crippen LogP contribution in [0.5, 0.6) is 0 Å². The van der Waals surface area contributed by atoms with Crippen molar-refractivity contribution in [2.45, 2.75) is 32.8 Å². The molecule has 0 saturated carbocycles. The summed E-state index contributed by atoms with van der Waals surface area (Å²) in [5.74, 6) is 0. The zero-order valence-electron chi connectivity index (χ0n) is 12.2. The van der Waals surface area contributed by atoms with Gasteiger partial charge in [0.2, 0.25) is 0 Å². The largest absolute Gasteiger partial charge is 0.377 e. The van der Waals surface area contributed by atoms with E-state index >= 15 is 0 Å². The van der Waals surface area contributed by atoms with Crippen molar-refractivity contribution in [3.63, 3.8) is 0 Å². The van der Waals surface area contributed by atoms with E-state index in [-0.39, 0.29) is 0 Å². The fourth-order valence-corrected chi connectivity index (χ4v) is 2.65. The van der Waals surface area contributed by atoms with Crippen molar-refractivity contribution in [2.24, 2.45) is 0 Å². The molecule has 3 nitrogen and oxygen atoms in total. The predicted octanol–water partition coefficient (Wildman–Crippen LogP) is 2.59. The van der Waals surface area contributed by atoms with E-state index < -0.39 is 0 Å². The molecular formula is C16H26N2O. The van der Waals surface area contributed by atoms with E-state index in [0.717, 1.165) is 32.8 Å². The first-order valence-corrected chi connectivity index (χ1v) is 7.44. The Labute approximate surface area is 116 Å². The molecule has 1 unspecified atom stereocenters. The number of ether oxygens (including phenoxy) is 1. The number of hydrogen-bond acceptors (Lipinski definition) is 3. The lowest BCUT2D eigenvalue weighted by atomic mass is 10.2. The lowest BCUT2D eigenvalue weighted by Gasteiger charge is -2.25. The van der Waals surface area contributed by atoms with E-state index in [1.165, 1.54) is 24.1 Å². The predicted molar refractivity (Wildman–Crippen MR) is 80.9 cm³/mol. The summed E-state index contributed by atoms with van der Waals surface area (Å²) in [6.45, 7) is 9.44. The fraction of sp³-hybridized carbons (Fsp3) is 0.625. The molecule has 1 aromatic carbocycles. The zero-order valence-corrected chi connectivity index (χ0v) is 12.2. The minimum Gasteiger partial charge on any atom is -0.377 e. The zero-order chi connectivity index (χ0) is 13.5. The average molecular weight is 262 g/mol. The van der Waals surface area contributed by atoms with Gasteiger partial charge >= 0.3 is 0 Å². The molecule has 0 aliphatic carbocycles. The second kappa shape index (κ2) is 7.51. The van der Waals surface area contributed by atoms with E-state index in [9.17, 15) is 0 Å². The Morgan fingerprint density at radius 2 is 2.21 bits per heavy atom. The van der Waals surface area contributed by atoms with Crippen LogP contribution in [0.2, 0.25) is 0 Å². The van der Waals surface area contributed by atoms with Gasteiger partial charge in [0.15, 0.2) is 0 Å². The molecule has 106 valence electrons. The molecule has 1 aliphatic heterocycles. The Balaban J connectivity index is 1.74. The first-order chi connectivity index (χ1) is 9.31. The van der Waals surface area contributed by atoms with Crippen molar-refractivity contribution in [1.29, 1.82) is 0 Å². The van der Waals surface area contributed by atoms with Crippen LogP contribution < -0.4 is 10.2 Å². The molecule has 19 heavy (non-hydrogen) atoms. The van der Waals surface area contributed by atoms with Gasteiger partial charge in [0, 0.05) is 38.5 Å². The smallest absolute Gasteiger partial charge is 0.0700 e. The lowest BCUT2D eigenvalue weighted by molar-refractivity contribution is 0.110. The maximum absolute atomic E-state index is 5.61. The van der Waals surface area contributed by atoms with Gasteiger partial charge in [-0.1, -0.05) is 18.2 Å². The summed E-state index contributed by atoms with van der Waals surface area (Å²) < 4.78 is 5.61. The standard InChI is InChI=1S/C16H26N2O/c1-3-18(16-9-5-4-7-14(16)2)11-10-17-13-15-8-6-12-19-15/h4-5,7,9,15,17H,3,6,8,10-13H2,1-2H3. The van der Waals surface area contributed by atoms with Gasteiger partial charge < -0.3 is 15.0 Å². The highest BCUT2D eigenvalue weighted by atomic mass is 16.5. The quantitative estimate of drug-likeness (QED) is 0.764. The Kier molecular flexibility index (Phi) is 5.67. The number of anilines is 1. The van der Waals surface area contributed by atoms with Crippen molar-refractivity contribution in [1.82, 2.24) is 5.32 Å². The number of hydrogen-bond donors (Lipinski definition) is 1. The molecule has 1 saturated heterocycles. The number of para-hydroxylation sites is 1. The van der Waals surface area contributed by atoms with Crippen molar-refractivity contribution >= 4 is 5.69 Å². The molecule has 1 aromatic rings. The molecule has 3 heteroatoms. The highest BCUT2D eigenvalue weighted by molar-refractivity contribution is 5.52. The van der Waals surface area contributed by atoms with Crippen LogP contribution in [0.25, 0.3) is 0 Å². The molecule has 0 amide bonds. The number of aryl methyl sites for hydroxylation is 1. The van der Waals surface area contributed by atoms with Crippen LogP contribution in [0.3, 0.4) is 0 Å². The van der Waals surface area contributed by atoms with Gasteiger partial charge in [0.25, 0.3) is 0 Å². The van der Waals surface area contributed by atoms with Crippen LogP contribution in [-0.2, 0) is 4.74 Å². The third kappa shape index (κ3) is 4.22. The Bertz CT molecular complexity index is 375. The maximum Gasteiger partial charge on any atom is 0.0700 e. The third-order valence-corrected chi connectivity index (χ3v) is 3.79.